The third-order valence-electron chi connectivity index (χ3n) is 2.68. The summed E-state index contributed by atoms with van der Waals surface area (Å²) in [5.74, 6) is 0. The summed E-state index contributed by atoms with van der Waals surface area (Å²) < 4.78 is 3.94. The lowest BCUT2D eigenvalue weighted by atomic mass is 10.0. The predicted molar refractivity (Wildman–Crippen MR) is 50.4 cm³/mol. The summed E-state index contributed by atoms with van der Waals surface area (Å²) in [5, 5.41) is 4.28. The molecule has 1 aromatic rings. The highest BCUT2D eigenvalue weighted by Crippen LogP contribution is 2.48. The van der Waals surface area contributed by atoms with Gasteiger partial charge in [-0.2, -0.15) is 4.37 Å². The summed E-state index contributed by atoms with van der Waals surface area (Å²) >= 11 is 1.43. The van der Waals surface area contributed by atoms with Crippen molar-refractivity contribution in [2.75, 3.05) is 11.9 Å². The van der Waals surface area contributed by atoms with E-state index < -0.39 is 0 Å². The Morgan fingerprint density at radius 1 is 1.67 bits per heavy atom. The fraction of sp³-hybridized carbons (Fsp3) is 0.750. The lowest BCUT2D eigenvalue weighted by Crippen LogP contribution is -2.13. The van der Waals surface area contributed by atoms with Crippen molar-refractivity contribution in [2.24, 2.45) is 5.41 Å². The molecule has 0 bridgehead atoms. The monoisotopic (exact) mass is 183 g/mol. The second-order valence-electron chi connectivity index (χ2n) is 3.45. The molecular formula is C8H13N3S. The molecule has 1 saturated carbocycles. The molecule has 0 radical (unpaired) electrons. The zero-order chi connectivity index (χ0) is 8.44. The molecule has 66 valence electrons. The van der Waals surface area contributed by atoms with Gasteiger partial charge >= 0.3 is 0 Å². The van der Waals surface area contributed by atoms with Crippen LogP contribution in [-0.2, 0) is 0 Å². The van der Waals surface area contributed by atoms with Crippen LogP contribution in [0.15, 0.2) is 6.33 Å². The first-order chi connectivity index (χ1) is 5.85. The van der Waals surface area contributed by atoms with E-state index in [9.17, 15) is 0 Å². The molecule has 2 rings (SSSR count). The average Bonchev–Trinajstić information content (AvgIpc) is 2.70. The Hall–Kier alpha value is -0.640. The van der Waals surface area contributed by atoms with Gasteiger partial charge in [-0.3, -0.25) is 0 Å². The van der Waals surface area contributed by atoms with E-state index in [2.05, 4.69) is 21.6 Å². The number of aromatic nitrogens is 2. The van der Waals surface area contributed by atoms with Crippen LogP contribution in [0.2, 0.25) is 0 Å². The molecule has 0 saturated heterocycles. The Morgan fingerprint density at radius 3 is 3.00 bits per heavy atom. The number of anilines is 1. The van der Waals surface area contributed by atoms with Crippen LogP contribution >= 0.6 is 11.5 Å². The first kappa shape index (κ1) is 7.98. The number of hydrogen-bond donors (Lipinski definition) is 1. The highest BCUT2D eigenvalue weighted by molar-refractivity contribution is 7.09. The van der Waals surface area contributed by atoms with Gasteiger partial charge in [-0.25, -0.2) is 4.98 Å². The summed E-state index contributed by atoms with van der Waals surface area (Å²) in [5.41, 5.74) is 0.589. The van der Waals surface area contributed by atoms with E-state index >= 15 is 0 Å². The summed E-state index contributed by atoms with van der Waals surface area (Å²) in [4.78, 5) is 4.08. The Balaban J connectivity index is 1.83. The van der Waals surface area contributed by atoms with Gasteiger partial charge in [0.05, 0.1) is 0 Å². The molecule has 1 N–H and O–H groups in total. The summed E-state index contributed by atoms with van der Waals surface area (Å²) in [6.07, 6.45) is 5.61. The van der Waals surface area contributed by atoms with E-state index in [4.69, 9.17) is 0 Å². The normalized spacial score (nSPS) is 19.1. The Bertz CT molecular complexity index is 241. The zero-order valence-corrected chi connectivity index (χ0v) is 8.02. The van der Waals surface area contributed by atoms with Crippen molar-refractivity contribution in [3.63, 3.8) is 0 Å². The van der Waals surface area contributed by atoms with Gasteiger partial charge in [-0.1, -0.05) is 6.92 Å². The number of rotatable bonds is 4. The van der Waals surface area contributed by atoms with Gasteiger partial charge in [-0.05, 0) is 24.7 Å². The third kappa shape index (κ3) is 1.58. The van der Waals surface area contributed by atoms with E-state index in [1.165, 1.54) is 30.8 Å². The summed E-state index contributed by atoms with van der Waals surface area (Å²) in [6.45, 7) is 3.33. The van der Waals surface area contributed by atoms with Crippen molar-refractivity contribution < 1.29 is 0 Å². The second kappa shape index (κ2) is 3.01. The van der Waals surface area contributed by atoms with Crippen LogP contribution in [0.4, 0.5) is 5.13 Å². The van der Waals surface area contributed by atoms with Crippen LogP contribution in [0, 0.1) is 5.41 Å². The summed E-state index contributed by atoms with van der Waals surface area (Å²) in [7, 11) is 0. The first-order valence-corrected chi connectivity index (χ1v) is 5.12. The molecule has 3 nitrogen and oxygen atoms in total. The van der Waals surface area contributed by atoms with E-state index in [1.54, 1.807) is 6.33 Å². The van der Waals surface area contributed by atoms with Gasteiger partial charge in [0, 0.05) is 18.1 Å². The first-order valence-electron chi connectivity index (χ1n) is 4.35. The van der Waals surface area contributed by atoms with E-state index in [-0.39, 0.29) is 0 Å². The van der Waals surface area contributed by atoms with Crippen LogP contribution in [-0.4, -0.2) is 15.9 Å². The molecule has 0 atom stereocenters. The lowest BCUT2D eigenvalue weighted by Gasteiger charge is -2.11. The SMILES string of the molecule is CCC1(CNc2ncns2)CC1. The molecule has 0 aliphatic heterocycles. The van der Waals surface area contributed by atoms with Crippen molar-refractivity contribution in [1.82, 2.24) is 9.36 Å². The molecule has 12 heavy (non-hydrogen) atoms. The van der Waals surface area contributed by atoms with Crippen LogP contribution < -0.4 is 5.32 Å². The van der Waals surface area contributed by atoms with Gasteiger partial charge in [0.15, 0.2) is 0 Å². The lowest BCUT2D eigenvalue weighted by molar-refractivity contribution is 0.521. The molecule has 4 heteroatoms. The Labute approximate surface area is 76.4 Å². The van der Waals surface area contributed by atoms with Gasteiger partial charge in [0.1, 0.15) is 6.33 Å². The van der Waals surface area contributed by atoms with Gasteiger partial charge in [0.25, 0.3) is 0 Å². The smallest absolute Gasteiger partial charge is 0.202 e. The third-order valence-corrected chi connectivity index (χ3v) is 3.31. The standard InChI is InChI=1S/C8H13N3S/c1-2-8(3-4-8)5-9-7-10-6-11-12-7/h6H,2-5H2,1H3,(H,9,10,11). The van der Waals surface area contributed by atoms with Gasteiger partial charge < -0.3 is 5.32 Å². The van der Waals surface area contributed by atoms with Crippen molar-refractivity contribution in [1.29, 1.82) is 0 Å². The van der Waals surface area contributed by atoms with E-state index in [0.29, 0.717) is 5.41 Å². The number of nitrogens with zero attached hydrogens (tertiary/aromatic N) is 2. The maximum Gasteiger partial charge on any atom is 0.202 e. The van der Waals surface area contributed by atoms with Crippen molar-refractivity contribution in [3.05, 3.63) is 6.33 Å². The van der Waals surface area contributed by atoms with Crippen molar-refractivity contribution >= 4 is 16.7 Å². The minimum Gasteiger partial charge on any atom is -0.360 e. The maximum absolute atomic E-state index is 4.08. The van der Waals surface area contributed by atoms with Crippen molar-refractivity contribution in [3.8, 4) is 0 Å². The Morgan fingerprint density at radius 2 is 2.50 bits per heavy atom. The fourth-order valence-electron chi connectivity index (χ4n) is 1.35. The minimum atomic E-state index is 0.589. The quantitative estimate of drug-likeness (QED) is 0.777. The maximum atomic E-state index is 4.08. The highest BCUT2D eigenvalue weighted by Gasteiger charge is 2.40. The topological polar surface area (TPSA) is 37.8 Å². The van der Waals surface area contributed by atoms with Crippen molar-refractivity contribution in [2.45, 2.75) is 26.2 Å². The zero-order valence-electron chi connectivity index (χ0n) is 7.21. The molecule has 0 aromatic carbocycles. The van der Waals surface area contributed by atoms with Crippen LogP contribution in [0.25, 0.3) is 0 Å². The van der Waals surface area contributed by atoms with Crippen LogP contribution in [0.3, 0.4) is 0 Å². The fourth-order valence-corrected chi connectivity index (χ4v) is 1.77. The van der Waals surface area contributed by atoms with Crippen LogP contribution in [0.1, 0.15) is 26.2 Å². The second-order valence-corrected chi connectivity index (χ2v) is 4.23. The summed E-state index contributed by atoms with van der Waals surface area (Å²) in [6, 6.07) is 0. The highest BCUT2D eigenvalue weighted by atomic mass is 32.1. The minimum absolute atomic E-state index is 0.589. The predicted octanol–water partition coefficient (Wildman–Crippen LogP) is 2.14. The average molecular weight is 183 g/mol. The van der Waals surface area contributed by atoms with Gasteiger partial charge in [0.2, 0.25) is 5.13 Å². The molecule has 1 fully saturated rings. The number of hydrogen-bond acceptors (Lipinski definition) is 4. The molecule has 1 aliphatic rings. The van der Waals surface area contributed by atoms with E-state index in [0.717, 1.165) is 11.7 Å². The number of nitrogens with one attached hydrogen (secondary N) is 1. The molecular weight excluding hydrogens is 170 g/mol. The largest absolute Gasteiger partial charge is 0.360 e. The molecule has 1 aliphatic carbocycles. The van der Waals surface area contributed by atoms with E-state index in [1.807, 2.05) is 0 Å². The molecule has 0 unspecified atom stereocenters. The molecule has 0 spiro atoms. The van der Waals surface area contributed by atoms with Crippen LogP contribution in [0.5, 0.6) is 0 Å². The molecule has 1 heterocycles. The molecule has 0 amide bonds. The Kier molecular flexibility index (Phi) is 2.00. The van der Waals surface area contributed by atoms with Gasteiger partial charge in [-0.15, -0.1) is 0 Å². The molecule has 1 aromatic heterocycles.